The number of benzene rings is 2. The highest BCUT2D eigenvalue weighted by Crippen LogP contribution is 2.32. The molecule has 0 spiro atoms. The number of morpholine rings is 1. The summed E-state index contributed by atoms with van der Waals surface area (Å²) < 4.78 is 33.1. The zero-order valence-electron chi connectivity index (χ0n) is 18.7. The molecule has 1 amide bonds. The number of amides is 1. The minimum atomic E-state index is -3.63. The van der Waals surface area contributed by atoms with Crippen molar-refractivity contribution in [2.45, 2.75) is 22.6 Å². The number of nitrogens with one attached hydrogen (secondary N) is 2. The molecule has 0 bridgehead atoms. The number of nitrogens with zero attached hydrogens (tertiary/aromatic N) is 2. The number of rotatable bonds is 8. The third kappa shape index (κ3) is 5.63. The number of para-hydroxylation sites is 1. The number of thioether (sulfide) groups is 1. The van der Waals surface area contributed by atoms with Gasteiger partial charge in [0.15, 0.2) is 0 Å². The van der Waals surface area contributed by atoms with Gasteiger partial charge in [-0.3, -0.25) is 4.79 Å². The minimum Gasteiger partial charge on any atom is -0.379 e. The van der Waals surface area contributed by atoms with Crippen LogP contribution in [0, 0.1) is 0 Å². The van der Waals surface area contributed by atoms with Crippen molar-refractivity contribution in [1.82, 2.24) is 4.31 Å². The van der Waals surface area contributed by atoms with E-state index in [1.807, 2.05) is 36.6 Å². The fraction of sp³-hybridized carbons (Fsp3) is 0.435. The van der Waals surface area contributed by atoms with E-state index >= 15 is 0 Å². The molecular weight excluding hydrogens is 460 g/mol. The van der Waals surface area contributed by atoms with E-state index < -0.39 is 10.0 Å². The van der Waals surface area contributed by atoms with Crippen molar-refractivity contribution < 1.29 is 17.9 Å². The first kappa shape index (κ1) is 23.9. The van der Waals surface area contributed by atoms with Gasteiger partial charge in [-0.05, 0) is 49.4 Å². The van der Waals surface area contributed by atoms with Crippen LogP contribution in [0.2, 0.25) is 0 Å². The number of anilines is 3. The second-order valence-electron chi connectivity index (χ2n) is 7.99. The van der Waals surface area contributed by atoms with Gasteiger partial charge in [0.1, 0.15) is 0 Å². The van der Waals surface area contributed by atoms with Gasteiger partial charge in [0, 0.05) is 31.1 Å². The third-order valence-corrected chi connectivity index (χ3v) is 8.53. The Hall–Kier alpha value is -2.27. The summed E-state index contributed by atoms with van der Waals surface area (Å²) in [7, 11) is -3.63. The lowest BCUT2D eigenvalue weighted by Gasteiger charge is -2.27. The van der Waals surface area contributed by atoms with Gasteiger partial charge in [0.2, 0.25) is 15.9 Å². The average Bonchev–Trinajstić information content (AvgIpc) is 3.38. The van der Waals surface area contributed by atoms with Crippen molar-refractivity contribution in [2.24, 2.45) is 0 Å². The Kier molecular flexibility index (Phi) is 7.79. The maximum Gasteiger partial charge on any atom is 0.243 e. The Balaban J connectivity index is 1.54. The van der Waals surface area contributed by atoms with E-state index in [0.717, 1.165) is 42.2 Å². The summed E-state index contributed by atoms with van der Waals surface area (Å²) in [6.07, 6.45) is 4.16. The lowest BCUT2D eigenvalue weighted by molar-refractivity contribution is -0.114. The van der Waals surface area contributed by atoms with Crippen LogP contribution in [0.25, 0.3) is 0 Å². The van der Waals surface area contributed by atoms with E-state index in [0.29, 0.717) is 32.0 Å². The number of hydrogen-bond acceptors (Lipinski definition) is 7. The summed E-state index contributed by atoms with van der Waals surface area (Å²) in [5.74, 6) is -0.190. The van der Waals surface area contributed by atoms with E-state index in [1.54, 1.807) is 23.9 Å². The van der Waals surface area contributed by atoms with Crippen LogP contribution in [0.1, 0.15) is 12.8 Å². The molecule has 2 N–H and O–H groups in total. The largest absolute Gasteiger partial charge is 0.379 e. The zero-order valence-corrected chi connectivity index (χ0v) is 20.4. The predicted octanol–water partition coefficient (Wildman–Crippen LogP) is 3.08. The second kappa shape index (κ2) is 10.8. The monoisotopic (exact) mass is 490 g/mol. The summed E-state index contributed by atoms with van der Waals surface area (Å²) in [5.41, 5.74) is 2.34. The topological polar surface area (TPSA) is 91.0 Å². The quantitative estimate of drug-likeness (QED) is 0.550. The van der Waals surface area contributed by atoms with Crippen LogP contribution in [0.4, 0.5) is 17.1 Å². The molecule has 33 heavy (non-hydrogen) atoms. The van der Waals surface area contributed by atoms with Crippen molar-refractivity contribution in [1.29, 1.82) is 0 Å². The van der Waals surface area contributed by atoms with Gasteiger partial charge >= 0.3 is 0 Å². The molecule has 0 saturated carbocycles. The molecule has 2 aliphatic heterocycles. The summed E-state index contributed by atoms with van der Waals surface area (Å²) >= 11 is 1.57. The molecule has 2 fully saturated rings. The molecule has 0 radical (unpaired) electrons. The van der Waals surface area contributed by atoms with Crippen molar-refractivity contribution in [2.75, 3.05) is 67.7 Å². The van der Waals surface area contributed by atoms with Gasteiger partial charge in [0.25, 0.3) is 0 Å². The van der Waals surface area contributed by atoms with E-state index in [2.05, 4.69) is 15.5 Å². The Morgan fingerprint density at radius 2 is 1.76 bits per heavy atom. The maximum absolute atomic E-state index is 13.2. The Morgan fingerprint density at radius 1 is 1.03 bits per heavy atom. The molecule has 0 aliphatic carbocycles. The van der Waals surface area contributed by atoms with E-state index in [1.165, 1.54) is 4.31 Å². The van der Waals surface area contributed by atoms with Gasteiger partial charge in [-0.1, -0.05) is 12.1 Å². The Bertz CT molecular complexity index is 1080. The molecule has 10 heteroatoms. The van der Waals surface area contributed by atoms with Gasteiger partial charge in [-0.2, -0.15) is 4.31 Å². The first-order chi connectivity index (χ1) is 16.0. The summed E-state index contributed by atoms with van der Waals surface area (Å²) in [4.78, 5) is 16.1. The molecule has 0 unspecified atom stereocenters. The van der Waals surface area contributed by atoms with Gasteiger partial charge in [-0.25, -0.2) is 8.42 Å². The number of hydrogen-bond donors (Lipinski definition) is 2. The summed E-state index contributed by atoms with van der Waals surface area (Å²) in [6.45, 7) is 3.34. The lowest BCUT2D eigenvalue weighted by atomic mass is 10.2. The maximum atomic E-state index is 13.2. The molecule has 8 nitrogen and oxygen atoms in total. The molecule has 2 aromatic carbocycles. The van der Waals surface area contributed by atoms with Gasteiger partial charge < -0.3 is 20.3 Å². The van der Waals surface area contributed by atoms with Crippen molar-refractivity contribution in [3.63, 3.8) is 0 Å². The molecule has 2 aromatic rings. The average molecular weight is 491 g/mol. The highest BCUT2D eigenvalue weighted by molar-refractivity contribution is 7.98. The van der Waals surface area contributed by atoms with Crippen LogP contribution in [-0.4, -0.2) is 70.8 Å². The van der Waals surface area contributed by atoms with Gasteiger partial charge in [0.05, 0.1) is 41.7 Å². The molecule has 0 atom stereocenters. The molecule has 178 valence electrons. The molecular formula is C23H30N4O4S2. The second-order valence-corrected chi connectivity index (χ2v) is 10.8. The molecule has 2 aliphatic rings. The number of ether oxygens (including phenoxy) is 1. The number of sulfonamides is 1. The van der Waals surface area contributed by atoms with Crippen molar-refractivity contribution >= 4 is 44.8 Å². The van der Waals surface area contributed by atoms with E-state index in [9.17, 15) is 13.2 Å². The van der Waals surface area contributed by atoms with Crippen LogP contribution in [0.3, 0.4) is 0 Å². The Labute approximate surface area is 199 Å². The minimum absolute atomic E-state index is 0.0324. The summed E-state index contributed by atoms with van der Waals surface area (Å²) in [6, 6.07) is 12.8. The van der Waals surface area contributed by atoms with Crippen LogP contribution < -0.4 is 15.5 Å². The molecule has 2 saturated heterocycles. The van der Waals surface area contributed by atoms with Crippen molar-refractivity contribution in [3.05, 3.63) is 42.5 Å². The van der Waals surface area contributed by atoms with Crippen LogP contribution >= 0.6 is 11.8 Å². The fourth-order valence-corrected chi connectivity index (χ4v) is 6.09. The van der Waals surface area contributed by atoms with Crippen LogP contribution in [0.15, 0.2) is 52.3 Å². The Morgan fingerprint density at radius 3 is 2.48 bits per heavy atom. The predicted molar refractivity (Wildman–Crippen MR) is 133 cm³/mol. The summed E-state index contributed by atoms with van der Waals surface area (Å²) in [5, 5.41) is 6.14. The van der Waals surface area contributed by atoms with Crippen LogP contribution in [0.5, 0.6) is 0 Å². The zero-order chi connectivity index (χ0) is 23.3. The van der Waals surface area contributed by atoms with Crippen molar-refractivity contribution in [3.8, 4) is 0 Å². The normalized spacial score (nSPS) is 17.2. The van der Waals surface area contributed by atoms with E-state index in [-0.39, 0.29) is 17.3 Å². The smallest absolute Gasteiger partial charge is 0.243 e. The van der Waals surface area contributed by atoms with Crippen LogP contribution in [-0.2, 0) is 19.6 Å². The number of carbonyl (C=O) groups is 1. The third-order valence-electron chi connectivity index (χ3n) is 5.84. The first-order valence-corrected chi connectivity index (χ1v) is 13.8. The van der Waals surface area contributed by atoms with E-state index in [4.69, 9.17) is 4.74 Å². The fourth-order valence-electron chi connectivity index (χ4n) is 4.10. The standard InChI is InChI=1S/C23H30N4O4S2/c1-32-22-7-3-2-6-19(22)25-23(28)17-24-20-16-18(8-9-21(20)26-10-4-5-11-26)33(29,30)27-12-14-31-15-13-27/h2-3,6-9,16,24H,4-5,10-15,17H2,1H3,(H,25,28). The number of carbonyl (C=O) groups excluding carboxylic acids is 1. The highest BCUT2D eigenvalue weighted by Gasteiger charge is 2.28. The molecule has 4 rings (SSSR count). The first-order valence-electron chi connectivity index (χ1n) is 11.1. The molecule has 0 aromatic heterocycles. The molecule has 2 heterocycles. The highest BCUT2D eigenvalue weighted by atomic mass is 32.2. The lowest BCUT2D eigenvalue weighted by Crippen LogP contribution is -2.40. The van der Waals surface area contributed by atoms with Gasteiger partial charge in [-0.15, -0.1) is 11.8 Å². The SMILES string of the molecule is CSc1ccccc1NC(=O)CNc1cc(S(=O)(=O)N2CCOCC2)ccc1N1CCCC1.